The Balaban J connectivity index is 1.38. The normalized spacial score (nSPS) is 27.4. The molecule has 4 atom stereocenters. The van der Waals surface area contributed by atoms with E-state index in [1.165, 1.54) is 11.6 Å². The summed E-state index contributed by atoms with van der Waals surface area (Å²) in [6, 6.07) is 15.7. The lowest BCUT2D eigenvalue weighted by atomic mass is 9.77. The van der Waals surface area contributed by atoms with E-state index in [0.717, 1.165) is 49.4 Å². The Bertz CT molecular complexity index is 1020. The second-order valence-electron chi connectivity index (χ2n) is 8.67. The maximum absolute atomic E-state index is 13.6. The Hall–Kier alpha value is -2.24. The summed E-state index contributed by atoms with van der Waals surface area (Å²) >= 11 is 0. The zero-order valence-electron chi connectivity index (χ0n) is 17.1. The summed E-state index contributed by atoms with van der Waals surface area (Å²) in [7, 11) is 1.84. The van der Waals surface area contributed by atoms with Gasteiger partial charge in [-0.3, -0.25) is 4.90 Å². The summed E-state index contributed by atoms with van der Waals surface area (Å²) in [5.41, 5.74) is 3.31. The first-order chi connectivity index (χ1) is 14.1. The van der Waals surface area contributed by atoms with Gasteiger partial charge in [-0.1, -0.05) is 24.3 Å². The molecule has 2 aromatic carbocycles. The van der Waals surface area contributed by atoms with Gasteiger partial charge in [0.15, 0.2) is 0 Å². The maximum Gasteiger partial charge on any atom is 0.123 e. The molecular weight excluding hydrogens is 365 g/mol. The van der Waals surface area contributed by atoms with Crippen molar-refractivity contribution in [2.75, 3.05) is 20.2 Å². The van der Waals surface area contributed by atoms with Gasteiger partial charge in [-0.25, -0.2) is 9.37 Å². The van der Waals surface area contributed by atoms with Crippen LogP contribution in [0, 0.1) is 24.6 Å². The van der Waals surface area contributed by atoms with Gasteiger partial charge in [-0.2, -0.15) is 0 Å². The third-order valence-corrected chi connectivity index (χ3v) is 6.86. The van der Waals surface area contributed by atoms with Crippen molar-refractivity contribution in [2.24, 2.45) is 11.8 Å². The minimum Gasteiger partial charge on any atom is -0.379 e. The van der Waals surface area contributed by atoms with E-state index in [9.17, 15) is 4.39 Å². The Morgan fingerprint density at radius 1 is 1.07 bits per heavy atom. The average Bonchev–Trinajstić information content (AvgIpc) is 3.25. The molecule has 5 heteroatoms. The summed E-state index contributed by atoms with van der Waals surface area (Å²) in [5, 5.41) is 0. The van der Waals surface area contributed by atoms with E-state index in [1.54, 1.807) is 12.1 Å². The fourth-order valence-corrected chi connectivity index (χ4v) is 5.62. The molecule has 2 heterocycles. The number of fused-ring (bicyclic) bond motifs is 2. The topological polar surface area (TPSA) is 30.3 Å². The van der Waals surface area contributed by atoms with Crippen LogP contribution in [0.25, 0.3) is 11.0 Å². The third-order valence-electron chi connectivity index (χ3n) is 6.86. The number of halogens is 1. The van der Waals surface area contributed by atoms with Crippen LogP contribution in [0.4, 0.5) is 4.39 Å². The molecule has 0 bridgehead atoms. The predicted octanol–water partition coefficient (Wildman–Crippen LogP) is 4.58. The van der Waals surface area contributed by atoms with Crippen LogP contribution in [0.15, 0.2) is 48.5 Å². The lowest BCUT2D eigenvalue weighted by Gasteiger charge is -2.38. The molecule has 0 amide bonds. The smallest absolute Gasteiger partial charge is 0.123 e. The van der Waals surface area contributed by atoms with Crippen molar-refractivity contribution >= 4 is 11.0 Å². The SMILES string of the molecule is CO[C@H]1C[C@@H]2CN(Cc3cccc(F)c3)C[C@@H]2C[C@@H]1n1c(C)nc2ccccc21. The molecule has 1 saturated heterocycles. The number of hydrogen-bond acceptors (Lipinski definition) is 3. The molecule has 0 N–H and O–H groups in total. The van der Waals surface area contributed by atoms with Gasteiger partial charge in [-0.05, 0) is 61.4 Å². The minimum atomic E-state index is -0.152. The van der Waals surface area contributed by atoms with Gasteiger partial charge in [0, 0.05) is 26.7 Å². The second kappa shape index (κ2) is 7.54. The number of hydrogen-bond donors (Lipinski definition) is 0. The van der Waals surface area contributed by atoms with Gasteiger partial charge < -0.3 is 9.30 Å². The lowest BCUT2D eigenvalue weighted by Crippen LogP contribution is -2.37. The summed E-state index contributed by atoms with van der Waals surface area (Å²) < 4.78 is 22.0. The molecule has 2 fully saturated rings. The van der Waals surface area contributed by atoms with Crippen LogP contribution < -0.4 is 0 Å². The Labute approximate surface area is 171 Å². The number of aromatic nitrogens is 2. The molecule has 0 radical (unpaired) electrons. The molecule has 1 aromatic heterocycles. The largest absolute Gasteiger partial charge is 0.379 e. The Morgan fingerprint density at radius 3 is 2.66 bits per heavy atom. The molecule has 2 aliphatic rings. The number of ether oxygens (including phenoxy) is 1. The highest BCUT2D eigenvalue weighted by Gasteiger charge is 2.43. The van der Waals surface area contributed by atoms with Crippen molar-refractivity contribution in [3.8, 4) is 0 Å². The van der Waals surface area contributed by atoms with Crippen molar-refractivity contribution in [1.29, 1.82) is 0 Å². The van der Waals surface area contributed by atoms with Crippen LogP contribution in [-0.4, -0.2) is 40.8 Å². The van der Waals surface area contributed by atoms with Gasteiger partial charge in [0.2, 0.25) is 0 Å². The van der Waals surface area contributed by atoms with E-state index in [1.807, 2.05) is 19.2 Å². The van der Waals surface area contributed by atoms with E-state index in [4.69, 9.17) is 9.72 Å². The predicted molar refractivity (Wildman–Crippen MR) is 112 cm³/mol. The number of benzene rings is 2. The number of aryl methyl sites for hydroxylation is 1. The number of nitrogens with zero attached hydrogens (tertiary/aromatic N) is 3. The summed E-state index contributed by atoms with van der Waals surface area (Å²) in [6.45, 7) is 5.06. The number of rotatable bonds is 4. The highest BCUT2D eigenvalue weighted by molar-refractivity contribution is 5.76. The molecule has 152 valence electrons. The highest BCUT2D eigenvalue weighted by atomic mass is 19.1. The Kier molecular flexibility index (Phi) is 4.88. The van der Waals surface area contributed by atoms with E-state index in [2.05, 4.69) is 34.6 Å². The fraction of sp³-hybridized carbons (Fsp3) is 0.458. The molecule has 29 heavy (non-hydrogen) atoms. The van der Waals surface area contributed by atoms with Crippen molar-refractivity contribution in [1.82, 2.24) is 14.5 Å². The first-order valence-electron chi connectivity index (χ1n) is 10.6. The minimum absolute atomic E-state index is 0.152. The van der Waals surface area contributed by atoms with Gasteiger partial charge in [-0.15, -0.1) is 0 Å². The van der Waals surface area contributed by atoms with Crippen molar-refractivity contribution in [3.63, 3.8) is 0 Å². The maximum atomic E-state index is 13.6. The van der Waals surface area contributed by atoms with E-state index >= 15 is 0 Å². The van der Waals surface area contributed by atoms with Crippen molar-refractivity contribution < 1.29 is 9.13 Å². The van der Waals surface area contributed by atoms with E-state index in [-0.39, 0.29) is 11.9 Å². The molecule has 1 aliphatic carbocycles. The van der Waals surface area contributed by atoms with Crippen molar-refractivity contribution in [2.45, 2.75) is 38.5 Å². The standard InChI is InChI=1S/C24H28FN3O/c1-16-26-21-8-3-4-9-22(21)28(16)23-11-18-14-27(15-19(18)12-24(23)29-2)13-17-6-5-7-20(25)10-17/h3-10,18-19,23-24H,11-15H2,1-2H3/t18-,19+,23-,24-/m0/s1. The molecule has 5 rings (SSSR count). The second-order valence-corrected chi connectivity index (χ2v) is 8.67. The number of imidazole rings is 1. The monoisotopic (exact) mass is 393 g/mol. The molecule has 0 spiro atoms. The van der Waals surface area contributed by atoms with Crippen LogP contribution in [0.5, 0.6) is 0 Å². The number of methoxy groups -OCH3 is 1. The first kappa shape index (κ1) is 18.8. The van der Waals surface area contributed by atoms with E-state index in [0.29, 0.717) is 17.9 Å². The quantitative estimate of drug-likeness (QED) is 0.650. The summed E-state index contributed by atoms with van der Waals surface area (Å²) in [5.74, 6) is 2.19. The molecule has 1 saturated carbocycles. The Morgan fingerprint density at radius 2 is 1.86 bits per heavy atom. The molecule has 4 nitrogen and oxygen atoms in total. The average molecular weight is 394 g/mol. The van der Waals surface area contributed by atoms with Gasteiger partial charge in [0.25, 0.3) is 0 Å². The van der Waals surface area contributed by atoms with Crippen LogP contribution >= 0.6 is 0 Å². The number of likely N-dealkylation sites (tertiary alicyclic amines) is 1. The molecular formula is C24H28FN3O. The van der Waals surface area contributed by atoms with Crippen LogP contribution in [0.2, 0.25) is 0 Å². The first-order valence-corrected chi connectivity index (χ1v) is 10.6. The number of para-hydroxylation sites is 2. The summed E-state index contributed by atoms with van der Waals surface area (Å²) in [4.78, 5) is 7.27. The molecule has 1 aliphatic heterocycles. The van der Waals surface area contributed by atoms with Crippen LogP contribution in [-0.2, 0) is 11.3 Å². The molecule has 3 aromatic rings. The van der Waals surface area contributed by atoms with Crippen molar-refractivity contribution in [3.05, 3.63) is 65.7 Å². The van der Waals surface area contributed by atoms with Gasteiger partial charge in [0.05, 0.1) is 23.2 Å². The van der Waals surface area contributed by atoms with Crippen LogP contribution in [0.1, 0.15) is 30.3 Å². The fourth-order valence-electron chi connectivity index (χ4n) is 5.62. The highest BCUT2D eigenvalue weighted by Crippen LogP contribution is 2.44. The lowest BCUT2D eigenvalue weighted by molar-refractivity contribution is -0.0000726. The van der Waals surface area contributed by atoms with Crippen LogP contribution in [0.3, 0.4) is 0 Å². The zero-order valence-corrected chi connectivity index (χ0v) is 17.1. The zero-order chi connectivity index (χ0) is 20.0. The summed E-state index contributed by atoms with van der Waals surface area (Å²) in [6.07, 6.45) is 2.36. The molecule has 0 unspecified atom stereocenters. The van der Waals surface area contributed by atoms with Gasteiger partial charge in [0.1, 0.15) is 11.6 Å². The van der Waals surface area contributed by atoms with Gasteiger partial charge >= 0.3 is 0 Å². The third kappa shape index (κ3) is 3.47. The van der Waals surface area contributed by atoms with E-state index < -0.39 is 0 Å².